The molecule has 0 heterocycles. The largest absolute Gasteiger partial charge is 0.377 e. The van der Waals surface area contributed by atoms with Crippen molar-refractivity contribution in [3.63, 3.8) is 0 Å². The highest BCUT2D eigenvalue weighted by Gasteiger charge is 2.18. The first-order chi connectivity index (χ1) is 11.8. The second-order valence-electron chi connectivity index (χ2n) is 6.85. The molecule has 1 aliphatic rings. The zero-order chi connectivity index (χ0) is 17.0. The Hall–Kier alpha value is -0.820. The van der Waals surface area contributed by atoms with Gasteiger partial charge in [0.15, 0.2) is 5.96 Å². The lowest BCUT2D eigenvalue weighted by atomic mass is 9.87. The van der Waals surface area contributed by atoms with Gasteiger partial charge in [-0.2, -0.15) is 0 Å². The van der Waals surface area contributed by atoms with Crippen molar-refractivity contribution >= 4 is 29.9 Å². The third-order valence-electron chi connectivity index (χ3n) is 4.70. The number of hydrogen-bond donors (Lipinski definition) is 2. The Morgan fingerprint density at radius 2 is 1.84 bits per heavy atom. The first-order valence-corrected chi connectivity index (χ1v) is 9.36. The van der Waals surface area contributed by atoms with Crippen molar-refractivity contribution in [1.29, 1.82) is 0 Å². The molecule has 0 unspecified atom stereocenters. The molecule has 0 amide bonds. The Morgan fingerprint density at radius 1 is 1.12 bits per heavy atom. The maximum absolute atomic E-state index is 5.71. The quantitative estimate of drug-likeness (QED) is 0.263. The van der Waals surface area contributed by atoms with Crippen LogP contribution in [-0.4, -0.2) is 32.2 Å². The predicted octanol–water partition coefficient (Wildman–Crippen LogP) is 4.35. The van der Waals surface area contributed by atoms with Crippen LogP contribution in [-0.2, 0) is 11.3 Å². The van der Waals surface area contributed by atoms with Gasteiger partial charge in [0.1, 0.15) is 0 Å². The molecule has 1 fully saturated rings. The number of nitrogens with zero attached hydrogens (tertiary/aromatic N) is 1. The summed E-state index contributed by atoms with van der Waals surface area (Å²) in [5.74, 6) is 1.83. The first-order valence-electron chi connectivity index (χ1n) is 9.36. The Labute approximate surface area is 170 Å². The lowest BCUT2D eigenvalue weighted by Gasteiger charge is -2.28. The van der Waals surface area contributed by atoms with E-state index in [9.17, 15) is 0 Å². The van der Waals surface area contributed by atoms with E-state index in [0.717, 1.165) is 37.9 Å². The van der Waals surface area contributed by atoms with E-state index in [4.69, 9.17) is 4.74 Å². The van der Waals surface area contributed by atoms with Crippen molar-refractivity contribution in [3.8, 4) is 0 Å². The average Bonchev–Trinajstić information content (AvgIpc) is 2.62. The summed E-state index contributed by atoms with van der Waals surface area (Å²) in [5.41, 5.74) is 1.24. The zero-order valence-corrected chi connectivity index (χ0v) is 18.0. The van der Waals surface area contributed by atoms with Crippen molar-refractivity contribution in [3.05, 3.63) is 35.9 Å². The Bertz CT molecular complexity index is 473. The molecule has 1 aliphatic carbocycles. The molecule has 0 radical (unpaired) electrons. The lowest BCUT2D eigenvalue weighted by molar-refractivity contribution is 0.117. The third kappa shape index (κ3) is 9.45. The van der Waals surface area contributed by atoms with Crippen LogP contribution in [0.5, 0.6) is 0 Å². The maximum atomic E-state index is 5.71. The van der Waals surface area contributed by atoms with Crippen molar-refractivity contribution in [1.82, 2.24) is 10.6 Å². The van der Waals surface area contributed by atoms with E-state index < -0.39 is 0 Å². The number of unbranched alkanes of at least 4 members (excludes halogenated alkanes) is 1. The van der Waals surface area contributed by atoms with E-state index in [-0.39, 0.29) is 24.0 Å². The van der Waals surface area contributed by atoms with Crippen LogP contribution in [0.15, 0.2) is 35.3 Å². The molecular weight excluding hydrogens is 425 g/mol. The molecule has 0 saturated heterocycles. The van der Waals surface area contributed by atoms with Gasteiger partial charge in [-0.3, -0.25) is 4.99 Å². The van der Waals surface area contributed by atoms with E-state index in [2.05, 4.69) is 34.7 Å². The molecular formula is C20H34IN3O. The number of aliphatic imine (C=N–C) groups is 1. The van der Waals surface area contributed by atoms with Crippen LogP contribution in [0.2, 0.25) is 0 Å². The third-order valence-corrected chi connectivity index (χ3v) is 4.70. The molecule has 4 nitrogen and oxygen atoms in total. The summed E-state index contributed by atoms with van der Waals surface area (Å²) in [6.07, 6.45) is 7.33. The second kappa shape index (κ2) is 13.4. The van der Waals surface area contributed by atoms with Gasteiger partial charge in [0, 0.05) is 26.2 Å². The van der Waals surface area contributed by atoms with Gasteiger partial charge in [-0.25, -0.2) is 0 Å². The normalized spacial score (nSPS) is 20.6. The van der Waals surface area contributed by atoms with Gasteiger partial charge in [0.2, 0.25) is 0 Å². The Morgan fingerprint density at radius 3 is 2.52 bits per heavy atom. The summed E-state index contributed by atoms with van der Waals surface area (Å²) in [7, 11) is 1.85. The van der Waals surface area contributed by atoms with Crippen molar-refractivity contribution in [2.24, 2.45) is 10.9 Å². The fourth-order valence-corrected chi connectivity index (χ4v) is 3.09. The molecule has 2 N–H and O–H groups in total. The highest BCUT2D eigenvalue weighted by atomic mass is 127. The molecule has 5 heteroatoms. The van der Waals surface area contributed by atoms with E-state index in [1.165, 1.54) is 31.2 Å². The van der Waals surface area contributed by atoms with Gasteiger partial charge in [0.05, 0.1) is 6.61 Å². The van der Waals surface area contributed by atoms with Crippen LogP contribution < -0.4 is 10.6 Å². The molecule has 0 spiro atoms. The maximum Gasteiger partial charge on any atom is 0.191 e. The minimum absolute atomic E-state index is 0. The number of guanidine groups is 1. The molecule has 0 atom stereocenters. The van der Waals surface area contributed by atoms with E-state index in [1.807, 2.05) is 25.2 Å². The zero-order valence-electron chi connectivity index (χ0n) is 15.7. The van der Waals surface area contributed by atoms with Gasteiger partial charge in [-0.15, -0.1) is 24.0 Å². The summed E-state index contributed by atoms with van der Waals surface area (Å²) in [6.45, 7) is 4.81. The molecule has 1 aromatic rings. The minimum atomic E-state index is 0. The monoisotopic (exact) mass is 459 g/mol. The van der Waals surface area contributed by atoms with Crippen molar-refractivity contribution < 1.29 is 4.74 Å². The second-order valence-corrected chi connectivity index (χ2v) is 6.85. The number of rotatable bonds is 8. The molecule has 1 saturated carbocycles. The van der Waals surface area contributed by atoms with Crippen LogP contribution in [0, 0.1) is 5.92 Å². The highest BCUT2D eigenvalue weighted by Crippen LogP contribution is 2.23. The fraction of sp³-hybridized carbons (Fsp3) is 0.650. The average molecular weight is 459 g/mol. The van der Waals surface area contributed by atoms with Crippen LogP contribution >= 0.6 is 24.0 Å². The SMILES string of the molecule is CN=C(NCCCCOCc1ccccc1)NC1CCC(C)CC1.I. The number of benzene rings is 1. The highest BCUT2D eigenvalue weighted by molar-refractivity contribution is 14.0. The number of nitrogens with one attached hydrogen (secondary N) is 2. The number of halogens is 1. The first kappa shape index (κ1) is 22.2. The van der Waals surface area contributed by atoms with Crippen LogP contribution in [0.25, 0.3) is 0 Å². The van der Waals surface area contributed by atoms with Gasteiger partial charge in [-0.05, 0) is 50.0 Å². The molecule has 0 bridgehead atoms. The van der Waals surface area contributed by atoms with Crippen LogP contribution in [0.1, 0.15) is 51.0 Å². The minimum Gasteiger partial charge on any atom is -0.377 e. The number of ether oxygens (including phenoxy) is 1. The topological polar surface area (TPSA) is 45.7 Å². The molecule has 0 aliphatic heterocycles. The van der Waals surface area contributed by atoms with Crippen molar-refractivity contribution in [2.45, 2.75) is 58.1 Å². The Kier molecular flexibility index (Phi) is 11.9. The van der Waals surface area contributed by atoms with Gasteiger partial charge in [-0.1, -0.05) is 37.3 Å². The predicted molar refractivity (Wildman–Crippen MR) is 117 cm³/mol. The summed E-state index contributed by atoms with van der Waals surface area (Å²) in [5, 5.41) is 6.98. The molecule has 0 aromatic heterocycles. The molecule has 25 heavy (non-hydrogen) atoms. The van der Waals surface area contributed by atoms with Crippen molar-refractivity contribution in [2.75, 3.05) is 20.2 Å². The van der Waals surface area contributed by atoms with Crippen LogP contribution in [0.4, 0.5) is 0 Å². The molecule has 1 aromatic carbocycles. The Balaban J connectivity index is 0.00000312. The van der Waals surface area contributed by atoms with E-state index >= 15 is 0 Å². The molecule has 2 rings (SSSR count). The summed E-state index contributed by atoms with van der Waals surface area (Å²) < 4.78 is 5.71. The smallest absolute Gasteiger partial charge is 0.191 e. The number of hydrogen-bond acceptors (Lipinski definition) is 2. The summed E-state index contributed by atoms with van der Waals surface area (Å²) in [6, 6.07) is 10.9. The van der Waals surface area contributed by atoms with E-state index in [0.29, 0.717) is 12.6 Å². The van der Waals surface area contributed by atoms with Gasteiger partial charge < -0.3 is 15.4 Å². The van der Waals surface area contributed by atoms with Crippen LogP contribution in [0.3, 0.4) is 0 Å². The summed E-state index contributed by atoms with van der Waals surface area (Å²) in [4.78, 5) is 4.34. The summed E-state index contributed by atoms with van der Waals surface area (Å²) >= 11 is 0. The van der Waals surface area contributed by atoms with Gasteiger partial charge >= 0.3 is 0 Å². The van der Waals surface area contributed by atoms with Gasteiger partial charge in [0.25, 0.3) is 0 Å². The van der Waals surface area contributed by atoms with E-state index in [1.54, 1.807) is 0 Å². The molecule has 142 valence electrons. The lowest BCUT2D eigenvalue weighted by Crippen LogP contribution is -2.45. The standard InChI is InChI=1S/C20H33N3O.HI/c1-17-10-12-19(13-11-17)23-20(21-2)22-14-6-7-15-24-16-18-8-4-3-5-9-18;/h3-5,8-9,17,19H,6-7,10-16H2,1-2H3,(H2,21,22,23);1H. The fourth-order valence-electron chi connectivity index (χ4n) is 3.09.